The molecule has 1 amide bonds. The van der Waals surface area contributed by atoms with Crippen LogP contribution in [-0.4, -0.2) is 31.6 Å². The lowest BCUT2D eigenvalue weighted by molar-refractivity contribution is 0.0730. The van der Waals surface area contributed by atoms with Gasteiger partial charge in [-0.15, -0.1) is 0 Å². The molecule has 4 aromatic rings. The number of aryl methyl sites for hydroxylation is 2. The minimum Gasteiger partial charge on any atom is -0.497 e. The second-order valence-corrected chi connectivity index (χ2v) is 8.91. The summed E-state index contributed by atoms with van der Waals surface area (Å²) in [7, 11) is 3.23. The molecule has 2 heterocycles. The first-order chi connectivity index (χ1) is 16.9. The number of carbonyl (C=O) groups excluding carboxylic acids is 1. The van der Waals surface area contributed by atoms with Crippen LogP contribution >= 0.6 is 0 Å². The Bertz CT molecular complexity index is 1490. The standard InChI is InChI=1S/C29H27NO5/c1-17-14-18(2)27-23(15-17)26(31)24-25(20-6-5-7-22(16-20)34-4)30(29(32)28(24)35-27)13-12-19-8-10-21(33-3)11-9-19/h5-11,14-16,25H,12-13H2,1-4H3/t25-/m0/s1. The molecule has 1 aromatic heterocycles. The molecule has 0 bridgehead atoms. The lowest BCUT2D eigenvalue weighted by Gasteiger charge is -2.25. The maximum atomic E-state index is 13.8. The normalized spacial score (nSPS) is 14.9. The summed E-state index contributed by atoms with van der Waals surface area (Å²) in [5.74, 6) is 1.28. The van der Waals surface area contributed by atoms with E-state index in [9.17, 15) is 9.59 Å². The van der Waals surface area contributed by atoms with Crippen LogP contribution in [0.15, 0.2) is 69.9 Å². The molecule has 0 N–H and O–H groups in total. The van der Waals surface area contributed by atoms with Gasteiger partial charge in [-0.3, -0.25) is 9.59 Å². The number of hydrogen-bond acceptors (Lipinski definition) is 5. The number of amides is 1. The summed E-state index contributed by atoms with van der Waals surface area (Å²) in [4.78, 5) is 29.2. The van der Waals surface area contributed by atoms with Crippen LogP contribution in [0.25, 0.3) is 11.0 Å². The van der Waals surface area contributed by atoms with Gasteiger partial charge in [-0.2, -0.15) is 0 Å². The zero-order valence-corrected chi connectivity index (χ0v) is 20.3. The monoisotopic (exact) mass is 469 g/mol. The molecule has 178 valence electrons. The Kier molecular flexibility index (Phi) is 5.81. The highest BCUT2D eigenvalue weighted by atomic mass is 16.5. The molecule has 0 saturated carbocycles. The molecule has 5 rings (SSSR count). The molecule has 0 spiro atoms. The number of fused-ring (bicyclic) bond motifs is 2. The molecule has 3 aromatic carbocycles. The zero-order chi connectivity index (χ0) is 24.7. The van der Waals surface area contributed by atoms with Crippen molar-refractivity contribution in [2.75, 3.05) is 20.8 Å². The molecular weight excluding hydrogens is 442 g/mol. The minimum atomic E-state index is -0.563. The van der Waals surface area contributed by atoms with Gasteiger partial charge >= 0.3 is 0 Å². The number of rotatable bonds is 6. The van der Waals surface area contributed by atoms with Gasteiger partial charge in [0.15, 0.2) is 5.43 Å². The summed E-state index contributed by atoms with van der Waals surface area (Å²) < 4.78 is 16.8. The van der Waals surface area contributed by atoms with E-state index in [1.807, 2.05) is 74.5 Å². The first-order valence-corrected chi connectivity index (χ1v) is 11.6. The van der Waals surface area contributed by atoms with Crippen LogP contribution in [0.5, 0.6) is 11.5 Å². The van der Waals surface area contributed by atoms with Gasteiger partial charge in [-0.05, 0) is 72.9 Å². The lowest BCUT2D eigenvalue weighted by Crippen LogP contribution is -2.31. The van der Waals surface area contributed by atoms with Gasteiger partial charge in [0.05, 0.1) is 31.2 Å². The highest BCUT2D eigenvalue weighted by Crippen LogP contribution is 2.39. The maximum absolute atomic E-state index is 13.8. The van der Waals surface area contributed by atoms with Gasteiger partial charge in [-0.25, -0.2) is 0 Å². The van der Waals surface area contributed by atoms with Crippen molar-refractivity contribution in [1.29, 1.82) is 0 Å². The van der Waals surface area contributed by atoms with E-state index in [1.165, 1.54) is 0 Å². The molecule has 35 heavy (non-hydrogen) atoms. The van der Waals surface area contributed by atoms with E-state index in [4.69, 9.17) is 13.9 Å². The Morgan fingerprint density at radius 3 is 2.37 bits per heavy atom. The molecule has 1 aliphatic rings. The van der Waals surface area contributed by atoms with E-state index >= 15 is 0 Å². The van der Waals surface area contributed by atoms with Crippen molar-refractivity contribution >= 4 is 16.9 Å². The summed E-state index contributed by atoms with van der Waals surface area (Å²) in [5.41, 5.74) is 4.37. The predicted octanol–water partition coefficient (Wildman–Crippen LogP) is 5.21. The molecule has 0 aliphatic carbocycles. The van der Waals surface area contributed by atoms with E-state index in [2.05, 4.69) is 0 Å². The van der Waals surface area contributed by atoms with Gasteiger partial charge < -0.3 is 18.8 Å². The van der Waals surface area contributed by atoms with Crippen LogP contribution in [0.4, 0.5) is 0 Å². The fourth-order valence-electron chi connectivity index (χ4n) is 4.91. The molecule has 0 radical (unpaired) electrons. The number of methoxy groups -OCH3 is 2. The third-order valence-electron chi connectivity index (χ3n) is 6.61. The first-order valence-electron chi connectivity index (χ1n) is 11.6. The molecule has 0 fully saturated rings. The van der Waals surface area contributed by atoms with E-state index in [0.29, 0.717) is 35.2 Å². The van der Waals surface area contributed by atoms with Crippen molar-refractivity contribution in [3.63, 3.8) is 0 Å². The van der Waals surface area contributed by atoms with E-state index in [-0.39, 0.29) is 17.1 Å². The number of ether oxygens (including phenoxy) is 2. The third-order valence-corrected chi connectivity index (χ3v) is 6.61. The smallest absolute Gasteiger partial charge is 0.290 e. The van der Waals surface area contributed by atoms with Gasteiger partial charge in [0.1, 0.15) is 17.1 Å². The van der Waals surface area contributed by atoms with Crippen LogP contribution in [0.2, 0.25) is 0 Å². The van der Waals surface area contributed by atoms with Gasteiger partial charge in [0, 0.05) is 6.54 Å². The summed E-state index contributed by atoms with van der Waals surface area (Å²) in [6, 6.07) is 18.5. The average Bonchev–Trinajstić information content (AvgIpc) is 3.15. The SMILES string of the molecule is COc1ccc(CCN2C(=O)c3oc4c(C)cc(C)cc4c(=O)c3[C@@H]2c2cccc(OC)c2)cc1. The van der Waals surface area contributed by atoms with Crippen LogP contribution in [0.3, 0.4) is 0 Å². The second-order valence-electron chi connectivity index (χ2n) is 8.91. The number of benzene rings is 3. The predicted molar refractivity (Wildman–Crippen MR) is 135 cm³/mol. The largest absolute Gasteiger partial charge is 0.497 e. The summed E-state index contributed by atoms with van der Waals surface area (Å²) in [6.45, 7) is 4.26. The molecular formula is C29H27NO5. The maximum Gasteiger partial charge on any atom is 0.290 e. The average molecular weight is 470 g/mol. The van der Waals surface area contributed by atoms with Crippen LogP contribution < -0.4 is 14.9 Å². The zero-order valence-electron chi connectivity index (χ0n) is 20.3. The molecule has 1 aliphatic heterocycles. The molecule has 0 saturated heterocycles. The Morgan fingerprint density at radius 1 is 0.914 bits per heavy atom. The van der Waals surface area contributed by atoms with Crippen LogP contribution in [0.1, 0.15) is 44.4 Å². The highest BCUT2D eigenvalue weighted by Gasteiger charge is 2.42. The van der Waals surface area contributed by atoms with E-state index in [1.54, 1.807) is 19.1 Å². The van der Waals surface area contributed by atoms with Crippen molar-refractivity contribution in [2.24, 2.45) is 0 Å². The van der Waals surface area contributed by atoms with Crippen molar-refractivity contribution in [3.05, 3.63) is 104 Å². The lowest BCUT2D eigenvalue weighted by atomic mass is 9.97. The third kappa shape index (κ3) is 3.95. The summed E-state index contributed by atoms with van der Waals surface area (Å²) in [5, 5.41) is 0.499. The van der Waals surface area contributed by atoms with Crippen molar-refractivity contribution in [1.82, 2.24) is 4.90 Å². The van der Waals surface area contributed by atoms with Gasteiger partial charge in [-0.1, -0.05) is 30.3 Å². The van der Waals surface area contributed by atoms with Gasteiger partial charge in [0.25, 0.3) is 5.91 Å². The molecule has 6 nitrogen and oxygen atoms in total. The second kappa shape index (κ2) is 8.95. The Labute approximate surface area is 203 Å². The Balaban J connectivity index is 1.63. The topological polar surface area (TPSA) is 69.0 Å². The summed E-state index contributed by atoms with van der Waals surface area (Å²) in [6.07, 6.45) is 0.621. The number of hydrogen-bond donors (Lipinski definition) is 0. The Hall–Kier alpha value is -4.06. The van der Waals surface area contributed by atoms with Crippen molar-refractivity contribution < 1.29 is 18.7 Å². The van der Waals surface area contributed by atoms with E-state index < -0.39 is 6.04 Å². The highest BCUT2D eigenvalue weighted by molar-refractivity contribution is 5.99. The Morgan fingerprint density at radius 2 is 1.66 bits per heavy atom. The molecule has 1 atom stereocenters. The quantitative estimate of drug-likeness (QED) is 0.388. The minimum absolute atomic E-state index is 0.122. The van der Waals surface area contributed by atoms with Crippen molar-refractivity contribution in [3.8, 4) is 11.5 Å². The van der Waals surface area contributed by atoms with Crippen molar-refractivity contribution in [2.45, 2.75) is 26.3 Å². The number of nitrogens with zero attached hydrogens (tertiary/aromatic N) is 1. The van der Waals surface area contributed by atoms with Gasteiger partial charge in [0.2, 0.25) is 5.76 Å². The number of carbonyl (C=O) groups is 1. The molecule has 6 heteroatoms. The first kappa shape index (κ1) is 22.7. The van der Waals surface area contributed by atoms with E-state index in [0.717, 1.165) is 28.0 Å². The summed E-state index contributed by atoms with van der Waals surface area (Å²) >= 11 is 0. The van der Waals surface area contributed by atoms with Crippen LogP contribution in [0, 0.1) is 13.8 Å². The fourth-order valence-corrected chi connectivity index (χ4v) is 4.91. The van der Waals surface area contributed by atoms with Crippen LogP contribution in [-0.2, 0) is 6.42 Å². The fraction of sp³-hybridized carbons (Fsp3) is 0.241. The molecule has 0 unspecified atom stereocenters.